The molecule has 3 rings (SSSR count). The van der Waals surface area contributed by atoms with Gasteiger partial charge in [-0.05, 0) is 60.4 Å². The highest BCUT2D eigenvalue weighted by Crippen LogP contribution is 2.34. The summed E-state index contributed by atoms with van der Waals surface area (Å²) in [5, 5.41) is 16.6. The maximum Gasteiger partial charge on any atom is 0.247 e. The third-order valence-electron chi connectivity index (χ3n) is 5.34. The van der Waals surface area contributed by atoms with Gasteiger partial charge in [0.15, 0.2) is 5.75 Å². The molecule has 0 aliphatic rings. The molecule has 176 valence electrons. The highest BCUT2D eigenvalue weighted by molar-refractivity contribution is 7.90. The Morgan fingerprint density at radius 3 is 1.67 bits per heavy atom. The first-order valence-electron chi connectivity index (χ1n) is 9.67. The second-order valence-corrected chi connectivity index (χ2v) is 11.7. The quantitative estimate of drug-likeness (QED) is 0.472. The van der Waals surface area contributed by atoms with Crippen molar-refractivity contribution in [1.82, 2.24) is 4.31 Å². The van der Waals surface area contributed by atoms with Crippen molar-refractivity contribution in [3.05, 3.63) is 86.9 Å². The SMILES string of the molecule is Cc1c(Cl)cccc1CN(Cc1cccc(Cl)c1C)S(=O)(=O)c1cccc(S(N)(=O)=O)c1O. The third kappa shape index (κ3) is 5.34. The standard InChI is InChI=1S/C22H22Cl2N2O5S2/c1-14-16(6-3-8-18(14)23)12-26(13-17-7-4-9-19(24)15(17)2)33(30,31)21-11-5-10-20(22(21)27)32(25,28)29/h3-11,27H,12-13H2,1-2H3,(H2,25,28,29). The maximum absolute atomic E-state index is 13.7. The second kappa shape index (κ2) is 9.61. The van der Waals surface area contributed by atoms with E-state index in [1.54, 1.807) is 50.2 Å². The molecule has 11 heteroatoms. The predicted octanol–water partition coefficient (Wildman–Crippen LogP) is 4.35. The van der Waals surface area contributed by atoms with Gasteiger partial charge in [-0.1, -0.05) is 53.5 Å². The minimum atomic E-state index is -4.39. The highest BCUT2D eigenvalue weighted by atomic mass is 35.5. The predicted molar refractivity (Wildman–Crippen MR) is 128 cm³/mol. The van der Waals surface area contributed by atoms with Crippen LogP contribution in [0, 0.1) is 13.8 Å². The highest BCUT2D eigenvalue weighted by Gasteiger charge is 2.31. The summed E-state index contributed by atoms with van der Waals surface area (Å²) in [6.45, 7) is 3.37. The zero-order chi connectivity index (χ0) is 24.6. The molecular formula is C22H22Cl2N2O5S2. The van der Waals surface area contributed by atoms with Crippen molar-refractivity contribution in [1.29, 1.82) is 0 Å². The first kappa shape index (κ1) is 25.5. The molecule has 0 atom stereocenters. The first-order chi connectivity index (χ1) is 15.3. The van der Waals surface area contributed by atoms with Gasteiger partial charge in [0.25, 0.3) is 0 Å². The molecule has 7 nitrogen and oxygen atoms in total. The molecule has 0 radical (unpaired) electrons. The lowest BCUT2D eigenvalue weighted by Gasteiger charge is -2.25. The van der Waals surface area contributed by atoms with Crippen LogP contribution in [0.5, 0.6) is 5.75 Å². The van der Waals surface area contributed by atoms with E-state index in [0.29, 0.717) is 32.3 Å². The molecule has 33 heavy (non-hydrogen) atoms. The molecule has 0 aromatic heterocycles. The van der Waals surface area contributed by atoms with Crippen LogP contribution in [0.3, 0.4) is 0 Å². The van der Waals surface area contributed by atoms with Gasteiger partial charge in [0.1, 0.15) is 9.79 Å². The molecule has 0 aliphatic heterocycles. The number of primary sulfonamides is 1. The number of halogens is 2. The number of rotatable bonds is 7. The molecule has 0 saturated carbocycles. The number of aromatic hydroxyl groups is 1. The second-order valence-electron chi connectivity index (χ2n) is 7.47. The summed E-state index contributed by atoms with van der Waals surface area (Å²) < 4.78 is 52.2. The van der Waals surface area contributed by atoms with E-state index < -0.39 is 35.6 Å². The van der Waals surface area contributed by atoms with Crippen LogP contribution >= 0.6 is 23.2 Å². The number of nitrogens with zero attached hydrogens (tertiary/aromatic N) is 1. The zero-order valence-electron chi connectivity index (χ0n) is 17.8. The Morgan fingerprint density at radius 1 is 0.788 bits per heavy atom. The molecular weight excluding hydrogens is 507 g/mol. The summed E-state index contributed by atoms with van der Waals surface area (Å²) in [7, 11) is -8.75. The van der Waals surface area contributed by atoms with Gasteiger partial charge < -0.3 is 5.11 Å². The fraction of sp³-hybridized carbons (Fsp3) is 0.182. The minimum Gasteiger partial charge on any atom is -0.505 e. The molecule has 0 amide bonds. The first-order valence-corrected chi connectivity index (χ1v) is 13.4. The van der Waals surface area contributed by atoms with Crippen LogP contribution in [-0.2, 0) is 33.1 Å². The van der Waals surface area contributed by atoms with Crippen molar-refractivity contribution in [2.45, 2.75) is 36.7 Å². The van der Waals surface area contributed by atoms with Crippen molar-refractivity contribution in [3.8, 4) is 5.75 Å². The summed E-state index contributed by atoms with van der Waals surface area (Å²) in [5.74, 6) is -0.935. The van der Waals surface area contributed by atoms with Crippen LogP contribution in [0.4, 0.5) is 0 Å². The number of hydrogen-bond acceptors (Lipinski definition) is 5. The number of phenols is 1. The van der Waals surface area contributed by atoms with E-state index >= 15 is 0 Å². The molecule has 0 spiro atoms. The molecule has 3 aromatic rings. The Balaban J connectivity index is 2.18. The van der Waals surface area contributed by atoms with E-state index in [2.05, 4.69) is 0 Å². The molecule has 0 bridgehead atoms. The van der Waals surface area contributed by atoms with E-state index in [1.807, 2.05) is 0 Å². The topological polar surface area (TPSA) is 118 Å². The molecule has 0 aliphatic carbocycles. The summed E-state index contributed by atoms with van der Waals surface area (Å²) in [6, 6.07) is 13.7. The third-order valence-corrected chi connectivity index (χ3v) is 8.92. The Labute approximate surface area is 203 Å². The van der Waals surface area contributed by atoms with Crippen molar-refractivity contribution >= 4 is 43.2 Å². The van der Waals surface area contributed by atoms with E-state index in [4.69, 9.17) is 28.3 Å². The van der Waals surface area contributed by atoms with E-state index in [1.165, 1.54) is 6.07 Å². The lowest BCUT2D eigenvalue weighted by molar-refractivity contribution is 0.391. The van der Waals surface area contributed by atoms with Crippen LogP contribution < -0.4 is 5.14 Å². The number of hydrogen-bond donors (Lipinski definition) is 2. The molecule has 0 fully saturated rings. The van der Waals surface area contributed by atoms with Crippen LogP contribution in [-0.4, -0.2) is 26.2 Å². The monoisotopic (exact) mass is 528 g/mol. The van der Waals surface area contributed by atoms with Gasteiger partial charge in [0, 0.05) is 23.1 Å². The number of para-hydroxylation sites is 1. The Hall–Kier alpha value is -2.14. The molecule has 3 N–H and O–H groups in total. The summed E-state index contributed by atoms with van der Waals surface area (Å²) in [4.78, 5) is -1.25. The minimum absolute atomic E-state index is 0.0836. The number of sulfonamides is 2. The van der Waals surface area contributed by atoms with Crippen molar-refractivity contribution in [3.63, 3.8) is 0 Å². The smallest absolute Gasteiger partial charge is 0.247 e. The van der Waals surface area contributed by atoms with Crippen molar-refractivity contribution < 1.29 is 21.9 Å². The molecule has 3 aromatic carbocycles. The average Bonchev–Trinajstić information content (AvgIpc) is 2.73. The molecule has 0 heterocycles. The fourth-order valence-electron chi connectivity index (χ4n) is 3.33. The van der Waals surface area contributed by atoms with Gasteiger partial charge in [-0.2, -0.15) is 4.31 Å². The lowest BCUT2D eigenvalue weighted by atomic mass is 10.1. The lowest BCUT2D eigenvalue weighted by Crippen LogP contribution is -2.31. The van der Waals surface area contributed by atoms with Crippen molar-refractivity contribution in [2.24, 2.45) is 5.14 Å². The van der Waals surface area contributed by atoms with E-state index in [0.717, 1.165) is 16.4 Å². The van der Waals surface area contributed by atoms with Gasteiger partial charge in [-0.15, -0.1) is 0 Å². The molecule has 0 unspecified atom stereocenters. The summed E-state index contributed by atoms with van der Waals surface area (Å²) in [5.41, 5.74) is 2.69. The van der Waals surface area contributed by atoms with Gasteiger partial charge in [0.05, 0.1) is 0 Å². The summed E-state index contributed by atoms with van der Waals surface area (Å²) in [6.07, 6.45) is 0. The molecule has 0 saturated heterocycles. The number of phenolic OH excluding ortho intramolecular Hbond substituents is 1. The Bertz CT molecular complexity index is 1370. The largest absolute Gasteiger partial charge is 0.505 e. The average molecular weight is 529 g/mol. The maximum atomic E-state index is 13.7. The van der Waals surface area contributed by atoms with Gasteiger partial charge in [0.2, 0.25) is 20.0 Å². The van der Waals surface area contributed by atoms with Gasteiger partial charge in [-0.25, -0.2) is 22.0 Å². The summed E-state index contributed by atoms with van der Waals surface area (Å²) >= 11 is 12.4. The Kier molecular flexibility index (Phi) is 7.42. The number of nitrogens with two attached hydrogens (primary N) is 1. The fourth-order valence-corrected chi connectivity index (χ4v) is 5.93. The van der Waals surface area contributed by atoms with E-state index in [-0.39, 0.29) is 13.1 Å². The van der Waals surface area contributed by atoms with Crippen molar-refractivity contribution in [2.75, 3.05) is 0 Å². The Morgan fingerprint density at radius 2 is 1.21 bits per heavy atom. The number of benzene rings is 3. The van der Waals surface area contributed by atoms with Crippen LogP contribution in [0.2, 0.25) is 10.0 Å². The zero-order valence-corrected chi connectivity index (χ0v) is 20.9. The van der Waals surface area contributed by atoms with Crippen LogP contribution in [0.1, 0.15) is 22.3 Å². The normalized spacial score (nSPS) is 12.3. The van der Waals surface area contributed by atoms with Gasteiger partial charge >= 0.3 is 0 Å². The van der Waals surface area contributed by atoms with E-state index in [9.17, 15) is 21.9 Å². The van der Waals surface area contributed by atoms with Gasteiger partial charge in [-0.3, -0.25) is 0 Å². The van der Waals surface area contributed by atoms with Crippen LogP contribution in [0.15, 0.2) is 64.4 Å². The van der Waals surface area contributed by atoms with Crippen LogP contribution in [0.25, 0.3) is 0 Å².